The van der Waals surface area contributed by atoms with Crippen LogP contribution >= 0.6 is 0 Å². The van der Waals surface area contributed by atoms with Crippen LogP contribution in [0.25, 0.3) is 5.65 Å². The van der Waals surface area contributed by atoms with Gasteiger partial charge in [0.15, 0.2) is 11.4 Å². The van der Waals surface area contributed by atoms with Gasteiger partial charge in [-0.2, -0.15) is 0 Å². The Kier molecular flexibility index (Phi) is 6.71. The van der Waals surface area contributed by atoms with E-state index in [1.165, 1.54) is 22.6 Å². The van der Waals surface area contributed by atoms with Crippen molar-refractivity contribution in [3.63, 3.8) is 0 Å². The van der Waals surface area contributed by atoms with E-state index in [2.05, 4.69) is 10.3 Å². The lowest BCUT2D eigenvalue weighted by atomic mass is 9.91. The lowest BCUT2D eigenvalue weighted by molar-refractivity contribution is 0.0843. The molecule has 4 N–H and O–H groups in total. The normalized spacial score (nSPS) is 12.8. The van der Waals surface area contributed by atoms with Crippen molar-refractivity contribution >= 4 is 17.5 Å². The lowest BCUT2D eigenvalue weighted by Gasteiger charge is -2.29. The highest BCUT2D eigenvalue weighted by Crippen LogP contribution is 2.26. The minimum absolute atomic E-state index is 0.179. The molecule has 0 saturated carbocycles. The number of amides is 2. The number of carbonyl (C=O) groups is 2. The molecule has 0 fully saturated rings. The van der Waals surface area contributed by atoms with Crippen LogP contribution in [0.2, 0.25) is 0 Å². The Hall–Kier alpha value is -4.31. The van der Waals surface area contributed by atoms with Crippen molar-refractivity contribution in [2.45, 2.75) is 26.0 Å². The van der Waals surface area contributed by atoms with Gasteiger partial charge in [-0.05, 0) is 55.8 Å². The summed E-state index contributed by atoms with van der Waals surface area (Å²) >= 11 is 0. The number of nitrogens with two attached hydrogens (primary N) is 1. The zero-order valence-corrected chi connectivity index (χ0v) is 19.6. The van der Waals surface area contributed by atoms with Crippen LogP contribution in [-0.4, -0.2) is 32.9 Å². The molecule has 0 radical (unpaired) electrons. The Morgan fingerprint density at radius 1 is 1.14 bits per heavy atom. The molecule has 0 aliphatic rings. The minimum Gasteiger partial charge on any atom is -0.485 e. The predicted octanol–water partition coefficient (Wildman–Crippen LogP) is 3.24. The first-order valence-electron chi connectivity index (χ1n) is 11.0. The first-order valence-corrected chi connectivity index (χ1v) is 11.0. The molecule has 10 heteroatoms. The molecular weight excluding hydrogens is 470 g/mol. The van der Waals surface area contributed by atoms with E-state index < -0.39 is 35.6 Å². The molecule has 0 aliphatic heterocycles. The van der Waals surface area contributed by atoms with Crippen LogP contribution in [-0.2, 0) is 12.1 Å². The van der Waals surface area contributed by atoms with Crippen molar-refractivity contribution in [3.05, 3.63) is 101 Å². The number of hydrogen-bond acceptors (Lipinski definition) is 5. The Labute approximate surface area is 205 Å². The molecule has 4 aromatic rings. The molecule has 4 rings (SSSR count). The van der Waals surface area contributed by atoms with Gasteiger partial charge in [0.25, 0.3) is 5.91 Å². The number of fused-ring (bicyclic) bond motifs is 1. The van der Waals surface area contributed by atoms with Crippen LogP contribution in [0.5, 0.6) is 5.75 Å². The Morgan fingerprint density at radius 3 is 2.50 bits per heavy atom. The van der Waals surface area contributed by atoms with Crippen LogP contribution in [0.1, 0.15) is 44.6 Å². The SMILES string of the molecule is Cc1nc2c(OCc3c(F)cccc3F)cccn2c1C(=O)N[C@@](C)(CO)c1cccc(C(N)=O)c1. The van der Waals surface area contributed by atoms with Gasteiger partial charge < -0.3 is 20.9 Å². The monoisotopic (exact) mass is 494 g/mol. The van der Waals surface area contributed by atoms with Crippen molar-refractivity contribution in [1.82, 2.24) is 14.7 Å². The van der Waals surface area contributed by atoms with Gasteiger partial charge >= 0.3 is 0 Å². The number of aliphatic hydroxyl groups is 1. The third-order valence-electron chi connectivity index (χ3n) is 5.93. The van der Waals surface area contributed by atoms with Crippen molar-refractivity contribution in [3.8, 4) is 5.75 Å². The summed E-state index contributed by atoms with van der Waals surface area (Å²) in [5.41, 5.74) is 5.44. The van der Waals surface area contributed by atoms with Crippen LogP contribution in [0.15, 0.2) is 60.8 Å². The van der Waals surface area contributed by atoms with Crippen molar-refractivity contribution < 1.29 is 28.2 Å². The summed E-state index contributed by atoms with van der Waals surface area (Å²) in [6, 6.07) is 13.1. The molecule has 2 aromatic carbocycles. The van der Waals surface area contributed by atoms with E-state index in [1.54, 1.807) is 44.3 Å². The van der Waals surface area contributed by atoms with Gasteiger partial charge in [0.1, 0.15) is 23.9 Å². The average molecular weight is 494 g/mol. The maximum atomic E-state index is 14.0. The molecule has 0 bridgehead atoms. The fourth-order valence-corrected chi connectivity index (χ4v) is 3.89. The zero-order valence-electron chi connectivity index (χ0n) is 19.6. The molecule has 0 spiro atoms. The number of aromatic nitrogens is 2. The van der Waals surface area contributed by atoms with E-state index in [0.717, 1.165) is 12.1 Å². The molecule has 2 amide bonds. The number of aryl methyl sites for hydroxylation is 1. The van der Waals surface area contributed by atoms with E-state index >= 15 is 0 Å². The Bertz CT molecular complexity index is 1450. The number of carbonyl (C=O) groups excluding carboxylic acids is 2. The summed E-state index contributed by atoms with van der Waals surface area (Å²) in [6.07, 6.45) is 1.60. The van der Waals surface area contributed by atoms with Crippen molar-refractivity contribution in [1.29, 1.82) is 0 Å². The summed E-state index contributed by atoms with van der Waals surface area (Å²) in [5.74, 6) is -2.42. The maximum absolute atomic E-state index is 14.0. The number of hydrogen-bond donors (Lipinski definition) is 3. The van der Waals surface area contributed by atoms with Crippen LogP contribution < -0.4 is 15.8 Å². The first kappa shape index (κ1) is 24.8. The maximum Gasteiger partial charge on any atom is 0.270 e. The van der Waals surface area contributed by atoms with Crippen LogP contribution in [0.3, 0.4) is 0 Å². The fraction of sp³-hybridized carbons (Fsp3) is 0.192. The number of pyridine rings is 1. The second kappa shape index (κ2) is 9.74. The highest BCUT2D eigenvalue weighted by molar-refractivity contribution is 5.96. The Morgan fingerprint density at radius 2 is 1.83 bits per heavy atom. The van der Waals surface area contributed by atoms with Gasteiger partial charge in [-0.3, -0.25) is 14.0 Å². The number of aliphatic hydroxyl groups excluding tert-OH is 1. The number of nitrogens with zero attached hydrogens (tertiary/aromatic N) is 2. The number of benzene rings is 2. The average Bonchev–Trinajstić information content (AvgIpc) is 3.20. The van der Waals surface area contributed by atoms with Crippen molar-refractivity contribution in [2.75, 3.05) is 6.61 Å². The number of ether oxygens (including phenoxy) is 1. The van der Waals surface area contributed by atoms with E-state index in [9.17, 15) is 23.5 Å². The Balaban J connectivity index is 1.65. The van der Waals surface area contributed by atoms with E-state index in [0.29, 0.717) is 11.3 Å². The van der Waals surface area contributed by atoms with Gasteiger partial charge in [0.05, 0.1) is 23.4 Å². The second-order valence-electron chi connectivity index (χ2n) is 8.49. The fourth-order valence-electron chi connectivity index (χ4n) is 3.89. The van der Waals surface area contributed by atoms with Gasteiger partial charge in [-0.1, -0.05) is 18.2 Å². The number of halogens is 2. The quantitative estimate of drug-likeness (QED) is 0.348. The van der Waals surface area contributed by atoms with E-state index in [4.69, 9.17) is 10.5 Å². The molecule has 2 heterocycles. The topological polar surface area (TPSA) is 119 Å². The first-order chi connectivity index (χ1) is 17.1. The molecule has 8 nitrogen and oxygen atoms in total. The number of nitrogens with one attached hydrogen (secondary N) is 1. The van der Waals surface area contributed by atoms with E-state index in [-0.39, 0.29) is 34.8 Å². The number of primary amides is 1. The van der Waals surface area contributed by atoms with Gasteiger partial charge in [0.2, 0.25) is 5.91 Å². The third kappa shape index (κ3) is 4.63. The molecular formula is C26H24F2N4O4. The smallest absolute Gasteiger partial charge is 0.270 e. The predicted molar refractivity (Wildman–Crippen MR) is 127 cm³/mol. The molecule has 2 aromatic heterocycles. The molecule has 0 unspecified atom stereocenters. The largest absolute Gasteiger partial charge is 0.485 e. The zero-order chi connectivity index (χ0) is 26.0. The summed E-state index contributed by atoms with van der Waals surface area (Å²) < 4.78 is 35.2. The molecule has 1 atom stereocenters. The number of imidazole rings is 1. The lowest BCUT2D eigenvalue weighted by Crippen LogP contribution is -2.47. The summed E-state index contributed by atoms with van der Waals surface area (Å²) in [5, 5.41) is 12.9. The number of rotatable bonds is 8. The van der Waals surface area contributed by atoms with E-state index in [1.807, 2.05) is 0 Å². The van der Waals surface area contributed by atoms with Gasteiger partial charge in [-0.15, -0.1) is 0 Å². The summed E-state index contributed by atoms with van der Waals surface area (Å²) in [6.45, 7) is 2.41. The summed E-state index contributed by atoms with van der Waals surface area (Å²) in [7, 11) is 0. The molecule has 36 heavy (non-hydrogen) atoms. The second-order valence-corrected chi connectivity index (χ2v) is 8.49. The third-order valence-corrected chi connectivity index (χ3v) is 5.93. The molecule has 0 aliphatic carbocycles. The van der Waals surface area contributed by atoms with Gasteiger partial charge in [-0.25, -0.2) is 13.8 Å². The standard InChI is InChI=1S/C26H24F2N4O4/c1-15-22(25(35)31-26(2,14-33)17-7-3-6-16(12-17)23(29)34)32-11-5-10-21(24(32)30-15)36-13-18-19(27)8-4-9-20(18)28/h3-12,33H,13-14H2,1-2H3,(H2,29,34)(H,31,35)/t26-/m0/s1. The highest BCUT2D eigenvalue weighted by Gasteiger charge is 2.31. The van der Waals surface area contributed by atoms with Crippen LogP contribution in [0.4, 0.5) is 8.78 Å². The molecule has 186 valence electrons. The van der Waals surface area contributed by atoms with Crippen LogP contribution in [0, 0.1) is 18.6 Å². The van der Waals surface area contributed by atoms with Crippen molar-refractivity contribution in [2.24, 2.45) is 5.73 Å². The highest BCUT2D eigenvalue weighted by atomic mass is 19.1. The molecule has 0 saturated heterocycles. The summed E-state index contributed by atoms with van der Waals surface area (Å²) in [4.78, 5) is 29.4. The van der Waals surface area contributed by atoms with Gasteiger partial charge in [0, 0.05) is 11.8 Å². The minimum atomic E-state index is -1.24.